The molecule has 1 N–H and O–H groups in total. The van der Waals surface area contributed by atoms with Crippen LogP contribution in [0.3, 0.4) is 0 Å². The van der Waals surface area contributed by atoms with Crippen molar-refractivity contribution in [3.8, 4) is 22.9 Å². The van der Waals surface area contributed by atoms with Gasteiger partial charge in [0.15, 0.2) is 11.5 Å². The lowest BCUT2D eigenvalue weighted by molar-refractivity contribution is 0.355. The van der Waals surface area contributed by atoms with Gasteiger partial charge in [0.25, 0.3) is 5.56 Å². The molecule has 0 amide bonds. The van der Waals surface area contributed by atoms with Crippen LogP contribution < -0.4 is 15.0 Å². The van der Waals surface area contributed by atoms with E-state index in [-0.39, 0.29) is 5.56 Å². The van der Waals surface area contributed by atoms with Gasteiger partial charge in [-0.1, -0.05) is 0 Å². The average Bonchev–Trinajstić information content (AvgIpc) is 3.33. The summed E-state index contributed by atoms with van der Waals surface area (Å²) in [6.45, 7) is 0. The van der Waals surface area contributed by atoms with Crippen LogP contribution in [0.1, 0.15) is 24.5 Å². The topological polar surface area (TPSA) is 64.2 Å². The quantitative estimate of drug-likeness (QED) is 0.805. The van der Waals surface area contributed by atoms with Gasteiger partial charge in [-0.25, -0.2) is 4.98 Å². The van der Waals surface area contributed by atoms with Gasteiger partial charge in [-0.15, -0.1) is 0 Å². The number of nitrogens with one attached hydrogen (secondary N) is 1. The second kappa shape index (κ2) is 5.67. The monoisotopic (exact) mass is 398 g/mol. The van der Waals surface area contributed by atoms with E-state index in [1.165, 1.54) is 0 Å². The number of rotatable bonds is 4. The average molecular weight is 398 g/mol. The molecule has 0 radical (unpaired) electrons. The SMILES string of the molecule is COc1ccc(-c2nc(C3CC3)c(I)c(=O)[nH]2)cc1OC. The Balaban J connectivity index is 2.10. The van der Waals surface area contributed by atoms with Gasteiger partial charge in [-0.05, 0) is 53.6 Å². The van der Waals surface area contributed by atoms with Crippen LogP contribution in [0.5, 0.6) is 11.5 Å². The molecular weight excluding hydrogens is 383 g/mol. The van der Waals surface area contributed by atoms with Crippen LogP contribution in [0, 0.1) is 3.57 Å². The van der Waals surface area contributed by atoms with E-state index in [0.717, 1.165) is 24.1 Å². The fourth-order valence-corrected chi connectivity index (χ4v) is 2.92. The highest BCUT2D eigenvalue weighted by atomic mass is 127. The number of hydrogen-bond donors (Lipinski definition) is 1. The Bertz CT molecular complexity index is 738. The number of nitrogens with zero attached hydrogens (tertiary/aromatic N) is 1. The number of H-pyrrole nitrogens is 1. The molecule has 1 aromatic heterocycles. The van der Waals surface area contributed by atoms with Crippen molar-refractivity contribution in [2.75, 3.05) is 14.2 Å². The van der Waals surface area contributed by atoms with Crippen LogP contribution in [0.15, 0.2) is 23.0 Å². The highest BCUT2D eigenvalue weighted by Crippen LogP contribution is 2.40. The van der Waals surface area contributed by atoms with Gasteiger partial charge in [0.1, 0.15) is 5.82 Å². The lowest BCUT2D eigenvalue weighted by Crippen LogP contribution is -2.16. The molecule has 1 saturated carbocycles. The van der Waals surface area contributed by atoms with Crippen molar-refractivity contribution in [1.29, 1.82) is 0 Å². The molecule has 110 valence electrons. The fraction of sp³-hybridized carbons (Fsp3) is 0.333. The summed E-state index contributed by atoms with van der Waals surface area (Å²) in [5.74, 6) is 2.27. The third kappa shape index (κ3) is 2.76. The normalized spacial score (nSPS) is 14.0. The maximum absolute atomic E-state index is 12.1. The van der Waals surface area contributed by atoms with Gasteiger partial charge in [-0.2, -0.15) is 0 Å². The second-order valence-electron chi connectivity index (χ2n) is 4.96. The standard InChI is InChI=1S/C15H15IN2O3/c1-20-10-6-5-9(7-11(10)21-2)14-17-13(8-3-4-8)12(16)15(19)18-14/h5-8H,3-4H2,1-2H3,(H,17,18,19). The molecule has 0 atom stereocenters. The summed E-state index contributed by atoms with van der Waals surface area (Å²) in [5.41, 5.74) is 1.63. The molecule has 0 aliphatic heterocycles. The number of hydrogen-bond acceptors (Lipinski definition) is 4. The first-order valence-corrected chi connectivity index (χ1v) is 7.74. The fourth-order valence-electron chi connectivity index (χ4n) is 2.22. The third-order valence-electron chi connectivity index (χ3n) is 3.51. The number of benzene rings is 1. The molecule has 0 spiro atoms. The lowest BCUT2D eigenvalue weighted by Gasteiger charge is -2.10. The Morgan fingerprint density at radius 3 is 2.57 bits per heavy atom. The van der Waals surface area contributed by atoms with Gasteiger partial charge in [0, 0.05) is 11.5 Å². The van der Waals surface area contributed by atoms with E-state index in [9.17, 15) is 4.79 Å². The van der Waals surface area contributed by atoms with Crippen LogP contribution in [0.2, 0.25) is 0 Å². The molecule has 5 nitrogen and oxygen atoms in total. The highest BCUT2D eigenvalue weighted by Gasteiger charge is 2.29. The highest BCUT2D eigenvalue weighted by molar-refractivity contribution is 14.1. The molecule has 3 rings (SSSR count). The lowest BCUT2D eigenvalue weighted by atomic mass is 10.1. The largest absolute Gasteiger partial charge is 0.493 e. The van der Waals surface area contributed by atoms with E-state index >= 15 is 0 Å². The molecule has 1 aromatic carbocycles. The molecule has 2 aromatic rings. The minimum absolute atomic E-state index is 0.0858. The number of aromatic nitrogens is 2. The minimum atomic E-state index is -0.0858. The minimum Gasteiger partial charge on any atom is -0.493 e. The predicted octanol–water partition coefficient (Wildman–Crippen LogP) is 2.94. The summed E-state index contributed by atoms with van der Waals surface area (Å²) in [6, 6.07) is 5.49. The zero-order valence-corrected chi connectivity index (χ0v) is 13.9. The maximum atomic E-state index is 12.1. The molecule has 1 aliphatic rings. The zero-order chi connectivity index (χ0) is 15.0. The number of aromatic amines is 1. The molecule has 0 unspecified atom stereocenters. The predicted molar refractivity (Wildman–Crippen MR) is 88.1 cm³/mol. The molecule has 21 heavy (non-hydrogen) atoms. The zero-order valence-electron chi connectivity index (χ0n) is 11.8. The van der Waals surface area contributed by atoms with Crippen molar-refractivity contribution in [2.45, 2.75) is 18.8 Å². The Morgan fingerprint density at radius 1 is 1.24 bits per heavy atom. The van der Waals surface area contributed by atoms with Crippen LogP contribution in [0.25, 0.3) is 11.4 Å². The van der Waals surface area contributed by atoms with Crippen molar-refractivity contribution < 1.29 is 9.47 Å². The third-order valence-corrected chi connectivity index (χ3v) is 4.55. The first kappa shape index (κ1) is 14.4. The van der Waals surface area contributed by atoms with E-state index in [4.69, 9.17) is 9.47 Å². The Hall–Kier alpha value is -1.57. The van der Waals surface area contributed by atoms with Gasteiger partial charge in [0.05, 0.1) is 23.5 Å². The first-order chi connectivity index (χ1) is 10.1. The van der Waals surface area contributed by atoms with Crippen LogP contribution in [-0.4, -0.2) is 24.2 Å². The molecular formula is C15H15IN2O3. The van der Waals surface area contributed by atoms with Crippen molar-refractivity contribution in [3.05, 3.63) is 37.8 Å². The summed E-state index contributed by atoms with van der Waals surface area (Å²) < 4.78 is 11.2. The van der Waals surface area contributed by atoms with Crippen molar-refractivity contribution >= 4 is 22.6 Å². The van der Waals surface area contributed by atoms with Crippen molar-refractivity contribution in [1.82, 2.24) is 9.97 Å². The summed E-state index contributed by atoms with van der Waals surface area (Å²) in [5, 5.41) is 0. The van der Waals surface area contributed by atoms with Crippen LogP contribution >= 0.6 is 22.6 Å². The van der Waals surface area contributed by atoms with Crippen molar-refractivity contribution in [3.63, 3.8) is 0 Å². The number of ether oxygens (including phenoxy) is 2. The second-order valence-corrected chi connectivity index (χ2v) is 6.04. The molecule has 6 heteroatoms. The van der Waals surface area contributed by atoms with E-state index in [1.54, 1.807) is 14.2 Å². The molecule has 1 aliphatic carbocycles. The first-order valence-electron chi connectivity index (χ1n) is 6.66. The Labute approximate surface area is 135 Å². The molecule has 0 saturated heterocycles. The van der Waals surface area contributed by atoms with Gasteiger partial charge in [-0.3, -0.25) is 4.79 Å². The van der Waals surface area contributed by atoms with Crippen molar-refractivity contribution in [2.24, 2.45) is 0 Å². The van der Waals surface area contributed by atoms with Gasteiger partial charge in [0.2, 0.25) is 0 Å². The smallest absolute Gasteiger partial charge is 0.264 e. The van der Waals surface area contributed by atoms with Crippen LogP contribution in [0.4, 0.5) is 0 Å². The number of methoxy groups -OCH3 is 2. The van der Waals surface area contributed by atoms with Gasteiger partial charge < -0.3 is 14.5 Å². The maximum Gasteiger partial charge on any atom is 0.264 e. The van der Waals surface area contributed by atoms with Crippen LogP contribution in [-0.2, 0) is 0 Å². The van der Waals surface area contributed by atoms with E-state index in [0.29, 0.717) is 26.8 Å². The Morgan fingerprint density at radius 2 is 1.95 bits per heavy atom. The molecule has 1 heterocycles. The van der Waals surface area contributed by atoms with E-state index in [2.05, 4.69) is 32.6 Å². The summed E-state index contributed by atoms with van der Waals surface area (Å²) in [4.78, 5) is 19.6. The summed E-state index contributed by atoms with van der Waals surface area (Å²) in [6.07, 6.45) is 2.22. The summed E-state index contributed by atoms with van der Waals surface area (Å²) in [7, 11) is 3.18. The van der Waals surface area contributed by atoms with E-state index in [1.807, 2.05) is 18.2 Å². The number of halogens is 1. The summed E-state index contributed by atoms with van der Waals surface area (Å²) >= 11 is 2.07. The van der Waals surface area contributed by atoms with Gasteiger partial charge >= 0.3 is 0 Å². The molecule has 1 fully saturated rings. The Kier molecular flexibility index (Phi) is 3.88. The van der Waals surface area contributed by atoms with E-state index < -0.39 is 0 Å². The molecule has 0 bridgehead atoms.